The normalized spacial score (nSPS) is 19.1. The van der Waals surface area contributed by atoms with E-state index in [2.05, 4.69) is 0 Å². The largest absolute Gasteiger partial charge is 0.297 e. The highest BCUT2D eigenvalue weighted by atomic mass is 19.1. The number of carbonyl (C=O) groups is 3. The SMILES string of the molecule is CC1CC(=O)N(CC(=O)Cc2ccc(F)cc2)C1=O. The summed E-state index contributed by atoms with van der Waals surface area (Å²) >= 11 is 0. The predicted octanol–water partition coefficient (Wildman–Crippen LogP) is 1.33. The summed E-state index contributed by atoms with van der Waals surface area (Å²) in [4.78, 5) is 36.0. The molecule has 1 heterocycles. The van der Waals surface area contributed by atoms with Crippen molar-refractivity contribution < 1.29 is 18.8 Å². The Kier molecular flexibility index (Phi) is 3.74. The zero-order chi connectivity index (χ0) is 14.0. The van der Waals surface area contributed by atoms with Crippen LogP contribution in [-0.2, 0) is 20.8 Å². The topological polar surface area (TPSA) is 54.5 Å². The molecule has 1 aliphatic rings. The van der Waals surface area contributed by atoms with Gasteiger partial charge in [0.15, 0.2) is 5.78 Å². The minimum Gasteiger partial charge on any atom is -0.297 e. The number of nitrogens with zero attached hydrogens (tertiary/aromatic N) is 1. The summed E-state index contributed by atoms with van der Waals surface area (Å²) in [6.07, 6.45) is 0.258. The number of hydrogen-bond acceptors (Lipinski definition) is 3. The van der Waals surface area contributed by atoms with Gasteiger partial charge in [-0.15, -0.1) is 0 Å². The molecule has 2 amide bonds. The zero-order valence-corrected chi connectivity index (χ0v) is 10.6. The molecule has 0 aromatic heterocycles. The maximum atomic E-state index is 12.7. The van der Waals surface area contributed by atoms with E-state index < -0.39 is 0 Å². The average molecular weight is 263 g/mol. The Hall–Kier alpha value is -2.04. The Balaban J connectivity index is 1.96. The molecule has 1 unspecified atom stereocenters. The predicted molar refractivity (Wildman–Crippen MR) is 65.6 cm³/mol. The van der Waals surface area contributed by atoms with Gasteiger partial charge in [-0.3, -0.25) is 19.3 Å². The smallest absolute Gasteiger partial charge is 0.232 e. The number of halogens is 1. The summed E-state index contributed by atoms with van der Waals surface area (Å²) in [5.41, 5.74) is 0.665. The highest BCUT2D eigenvalue weighted by Gasteiger charge is 2.36. The molecule has 0 saturated carbocycles. The number of benzene rings is 1. The first kappa shape index (κ1) is 13.4. The molecular weight excluding hydrogens is 249 g/mol. The molecule has 5 heteroatoms. The van der Waals surface area contributed by atoms with Crippen LogP contribution in [0.25, 0.3) is 0 Å². The van der Waals surface area contributed by atoms with Crippen LogP contribution in [0.2, 0.25) is 0 Å². The number of likely N-dealkylation sites (tertiary alicyclic amines) is 1. The van der Waals surface area contributed by atoms with Crippen molar-refractivity contribution in [3.63, 3.8) is 0 Å². The average Bonchev–Trinajstić information content (AvgIpc) is 2.59. The van der Waals surface area contributed by atoms with Gasteiger partial charge in [0.05, 0.1) is 6.54 Å². The van der Waals surface area contributed by atoms with Gasteiger partial charge < -0.3 is 0 Å². The number of Topliss-reactive ketones (excluding diaryl/α,β-unsaturated/α-hetero) is 1. The third-order valence-corrected chi connectivity index (χ3v) is 3.12. The molecule has 1 atom stereocenters. The molecule has 1 aliphatic heterocycles. The molecule has 2 rings (SSSR count). The van der Waals surface area contributed by atoms with Gasteiger partial charge in [-0.1, -0.05) is 19.1 Å². The van der Waals surface area contributed by atoms with Crippen molar-refractivity contribution in [3.8, 4) is 0 Å². The van der Waals surface area contributed by atoms with Gasteiger partial charge in [0.25, 0.3) is 0 Å². The molecule has 0 spiro atoms. The monoisotopic (exact) mass is 263 g/mol. The van der Waals surface area contributed by atoms with E-state index in [1.165, 1.54) is 24.3 Å². The Bertz CT molecular complexity index is 524. The number of imide groups is 1. The van der Waals surface area contributed by atoms with Gasteiger partial charge in [0.2, 0.25) is 11.8 Å². The molecule has 0 N–H and O–H groups in total. The molecule has 100 valence electrons. The van der Waals surface area contributed by atoms with Crippen LogP contribution >= 0.6 is 0 Å². The third-order valence-electron chi connectivity index (χ3n) is 3.12. The number of amides is 2. The van der Waals surface area contributed by atoms with Gasteiger partial charge in [-0.2, -0.15) is 0 Å². The zero-order valence-electron chi connectivity index (χ0n) is 10.6. The summed E-state index contributed by atoms with van der Waals surface area (Å²) in [6.45, 7) is 1.48. The summed E-state index contributed by atoms with van der Waals surface area (Å²) in [5.74, 6) is -1.54. The molecule has 0 radical (unpaired) electrons. The lowest BCUT2D eigenvalue weighted by Crippen LogP contribution is -2.35. The third kappa shape index (κ3) is 3.05. The first-order valence-corrected chi connectivity index (χ1v) is 6.07. The second kappa shape index (κ2) is 5.30. The van der Waals surface area contributed by atoms with Gasteiger partial charge in [-0.25, -0.2) is 4.39 Å². The van der Waals surface area contributed by atoms with E-state index in [0.717, 1.165) is 4.90 Å². The molecule has 0 aliphatic carbocycles. The van der Waals surface area contributed by atoms with Crippen molar-refractivity contribution in [1.29, 1.82) is 0 Å². The summed E-state index contributed by atoms with van der Waals surface area (Å²) in [6, 6.07) is 5.58. The lowest BCUT2D eigenvalue weighted by molar-refractivity contribution is -0.142. The molecular formula is C14H14FNO3. The van der Waals surface area contributed by atoms with Crippen molar-refractivity contribution in [2.24, 2.45) is 5.92 Å². The summed E-state index contributed by atoms with van der Waals surface area (Å²) in [5, 5.41) is 0. The van der Waals surface area contributed by atoms with Gasteiger partial charge in [0, 0.05) is 18.8 Å². The van der Waals surface area contributed by atoms with E-state index >= 15 is 0 Å². The Morgan fingerprint density at radius 1 is 1.32 bits per heavy atom. The van der Waals surface area contributed by atoms with Gasteiger partial charge in [-0.05, 0) is 17.7 Å². The fourth-order valence-corrected chi connectivity index (χ4v) is 2.08. The number of ketones is 1. The van der Waals surface area contributed by atoms with E-state index in [9.17, 15) is 18.8 Å². The standard InChI is InChI=1S/C14H14FNO3/c1-9-6-13(18)16(14(9)19)8-12(17)7-10-2-4-11(15)5-3-10/h2-5,9H,6-8H2,1H3. The van der Waals surface area contributed by atoms with Crippen LogP contribution in [0, 0.1) is 11.7 Å². The van der Waals surface area contributed by atoms with Crippen LogP contribution in [-0.4, -0.2) is 29.0 Å². The number of rotatable bonds is 4. The Labute approximate surface area is 110 Å². The van der Waals surface area contributed by atoms with Gasteiger partial charge >= 0.3 is 0 Å². The molecule has 19 heavy (non-hydrogen) atoms. The first-order valence-electron chi connectivity index (χ1n) is 6.07. The molecule has 1 aromatic carbocycles. The molecule has 1 fully saturated rings. The van der Waals surface area contributed by atoms with Crippen molar-refractivity contribution in [1.82, 2.24) is 4.90 Å². The minimum atomic E-state index is -0.366. The van der Waals surface area contributed by atoms with Crippen molar-refractivity contribution in [3.05, 3.63) is 35.6 Å². The van der Waals surface area contributed by atoms with Crippen LogP contribution in [0.5, 0.6) is 0 Å². The second-order valence-corrected chi connectivity index (χ2v) is 4.77. The van der Waals surface area contributed by atoms with E-state index in [1.54, 1.807) is 6.92 Å². The van der Waals surface area contributed by atoms with Crippen LogP contribution in [0.1, 0.15) is 18.9 Å². The Morgan fingerprint density at radius 2 is 1.95 bits per heavy atom. The highest BCUT2D eigenvalue weighted by Crippen LogP contribution is 2.18. The Morgan fingerprint density at radius 3 is 2.47 bits per heavy atom. The van der Waals surface area contributed by atoms with Gasteiger partial charge in [0.1, 0.15) is 5.82 Å². The lowest BCUT2D eigenvalue weighted by Gasteiger charge is -2.13. The first-order chi connectivity index (χ1) is 8.97. The van der Waals surface area contributed by atoms with Crippen LogP contribution in [0.4, 0.5) is 4.39 Å². The van der Waals surface area contributed by atoms with E-state index in [-0.39, 0.29) is 48.7 Å². The maximum Gasteiger partial charge on any atom is 0.232 e. The lowest BCUT2D eigenvalue weighted by atomic mass is 10.1. The number of carbonyl (C=O) groups excluding carboxylic acids is 3. The quantitative estimate of drug-likeness (QED) is 0.770. The van der Waals surface area contributed by atoms with Crippen LogP contribution in [0.15, 0.2) is 24.3 Å². The fraction of sp³-hybridized carbons (Fsp3) is 0.357. The van der Waals surface area contributed by atoms with E-state index in [1.807, 2.05) is 0 Å². The van der Waals surface area contributed by atoms with Crippen molar-refractivity contribution in [2.45, 2.75) is 19.8 Å². The van der Waals surface area contributed by atoms with E-state index in [4.69, 9.17) is 0 Å². The molecule has 1 aromatic rings. The summed E-state index contributed by atoms with van der Waals surface area (Å²) < 4.78 is 12.7. The van der Waals surface area contributed by atoms with Crippen molar-refractivity contribution >= 4 is 17.6 Å². The minimum absolute atomic E-state index is 0.0890. The fourth-order valence-electron chi connectivity index (χ4n) is 2.08. The van der Waals surface area contributed by atoms with E-state index in [0.29, 0.717) is 5.56 Å². The maximum absolute atomic E-state index is 12.7. The highest BCUT2D eigenvalue weighted by molar-refractivity contribution is 6.06. The molecule has 0 bridgehead atoms. The molecule has 4 nitrogen and oxygen atoms in total. The van der Waals surface area contributed by atoms with Crippen LogP contribution < -0.4 is 0 Å². The molecule has 1 saturated heterocycles. The van der Waals surface area contributed by atoms with Crippen molar-refractivity contribution in [2.75, 3.05) is 6.54 Å². The second-order valence-electron chi connectivity index (χ2n) is 4.77. The number of hydrogen-bond donors (Lipinski definition) is 0. The summed E-state index contributed by atoms with van der Waals surface area (Å²) in [7, 11) is 0. The van der Waals surface area contributed by atoms with Crippen LogP contribution in [0.3, 0.4) is 0 Å².